The van der Waals surface area contributed by atoms with Crippen LogP contribution < -0.4 is 4.90 Å². The molecule has 0 spiro atoms. The number of rotatable bonds is 2. The lowest BCUT2D eigenvalue weighted by molar-refractivity contribution is 0.445. The van der Waals surface area contributed by atoms with Crippen LogP contribution in [0.15, 0.2) is 42.5 Å². The second-order valence-electron chi connectivity index (χ2n) is 8.25. The van der Waals surface area contributed by atoms with Gasteiger partial charge in [-0.2, -0.15) is 0 Å². The molecule has 0 aliphatic carbocycles. The van der Waals surface area contributed by atoms with Gasteiger partial charge in [-0.1, -0.05) is 55.0 Å². The second kappa shape index (κ2) is 5.40. The minimum atomic E-state index is 0.162. The van der Waals surface area contributed by atoms with Crippen LogP contribution in [0.5, 0.6) is 0 Å². The largest absolute Gasteiger partial charge is 0.365 e. The van der Waals surface area contributed by atoms with Crippen LogP contribution in [0.4, 0.5) is 5.69 Å². The van der Waals surface area contributed by atoms with Crippen LogP contribution in [0, 0.1) is 20.8 Å². The Morgan fingerprint density at radius 3 is 2.00 bits per heavy atom. The summed E-state index contributed by atoms with van der Waals surface area (Å²) >= 11 is 0. The molecule has 0 aromatic heterocycles. The highest BCUT2D eigenvalue weighted by Gasteiger charge is 2.47. The number of aryl methyl sites for hydroxylation is 3. The van der Waals surface area contributed by atoms with E-state index >= 15 is 0 Å². The van der Waals surface area contributed by atoms with Crippen LogP contribution in [0.2, 0.25) is 0 Å². The Hall–Kier alpha value is -1.76. The van der Waals surface area contributed by atoms with Gasteiger partial charge in [-0.3, -0.25) is 0 Å². The van der Waals surface area contributed by atoms with Gasteiger partial charge in [-0.05, 0) is 57.7 Å². The van der Waals surface area contributed by atoms with Gasteiger partial charge in [-0.25, -0.2) is 0 Å². The molecule has 1 fully saturated rings. The van der Waals surface area contributed by atoms with Crippen molar-refractivity contribution >= 4 is 5.69 Å². The van der Waals surface area contributed by atoms with Crippen LogP contribution in [-0.2, 0) is 5.41 Å². The minimum absolute atomic E-state index is 0.162. The summed E-state index contributed by atoms with van der Waals surface area (Å²) < 4.78 is 0. The molecule has 122 valence electrons. The summed E-state index contributed by atoms with van der Waals surface area (Å²) in [6.45, 7) is 15.0. The number of nitrogens with zero attached hydrogens (tertiary/aromatic N) is 1. The van der Waals surface area contributed by atoms with Gasteiger partial charge in [0, 0.05) is 23.2 Å². The monoisotopic (exact) mass is 307 g/mol. The fourth-order valence-corrected chi connectivity index (χ4v) is 4.68. The van der Waals surface area contributed by atoms with Crippen molar-refractivity contribution in [3.05, 3.63) is 64.7 Å². The Morgan fingerprint density at radius 2 is 1.43 bits per heavy atom. The van der Waals surface area contributed by atoms with Crippen LogP contribution >= 0.6 is 0 Å². The first-order chi connectivity index (χ1) is 10.7. The van der Waals surface area contributed by atoms with E-state index in [1.54, 1.807) is 0 Å². The van der Waals surface area contributed by atoms with E-state index in [2.05, 4.69) is 88.9 Å². The van der Waals surface area contributed by atoms with Crippen molar-refractivity contribution in [2.45, 2.75) is 58.9 Å². The van der Waals surface area contributed by atoms with E-state index in [-0.39, 0.29) is 11.0 Å². The van der Waals surface area contributed by atoms with Gasteiger partial charge in [0.15, 0.2) is 0 Å². The molecular formula is C22H29N. The summed E-state index contributed by atoms with van der Waals surface area (Å²) in [5, 5.41) is 0. The van der Waals surface area contributed by atoms with Gasteiger partial charge < -0.3 is 4.90 Å². The molecule has 1 aliphatic heterocycles. The molecule has 1 nitrogen and oxygen atoms in total. The SMILES string of the molecule is Cc1cc(C)c(N2CC(C)(c3ccccc3)CC2(C)C)c(C)c1. The van der Waals surface area contributed by atoms with Crippen molar-refractivity contribution in [3.8, 4) is 0 Å². The van der Waals surface area contributed by atoms with Crippen LogP contribution in [0.3, 0.4) is 0 Å². The Balaban J connectivity index is 2.05. The zero-order valence-corrected chi connectivity index (χ0v) is 15.4. The lowest BCUT2D eigenvalue weighted by atomic mass is 9.78. The molecule has 0 radical (unpaired) electrons. The van der Waals surface area contributed by atoms with Crippen LogP contribution in [-0.4, -0.2) is 12.1 Å². The molecule has 3 rings (SSSR count). The van der Waals surface area contributed by atoms with Gasteiger partial charge in [0.25, 0.3) is 0 Å². The highest BCUT2D eigenvalue weighted by molar-refractivity contribution is 5.63. The lowest BCUT2D eigenvalue weighted by Crippen LogP contribution is -2.39. The molecule has 2 aromatic rings. The lowest BCUT2D eigenvalue weighted by Gasteiger charge is -2.36. The number of hydrogen-bond acceptors (Lipinski definition) is 1. The molecule has 1 heterocycles. The topological polar surface area (TPSA) is 3.24 Å². The van der Waals surface area contributed by atoms with E-state index in [9.17, 15) is 0 Å². The van der Waals surface area contributed by atoms with E-state index in [0.29, 0.717) is 0 Å². The first kappa shape index (κ1) is 16.1. The van der Waals surface area contributed by atoms with Crippen molar-refractivity contribution in [1.29, 1.82) is 0 Å². The Kier molecular flexibility index (Phi) is 3.78. The van der Waals surface area contributed by atoms with Crippen molar-refractivity contribution in [2.24, 2.45) is 0 Å². The maximum atomic E-state index is 2.64. The van der Waals surface area contributed by atoms with Gasteiger partial charge in [0.05, 0.1) is 0 Å². The third kappa shape index (κ3) is 2.78. The molecule has 0 bridgehead atoms. The first-order valence-corrected chi connectivity index (χ1v) is 8.64. The summed E-state index contributed by atoms with van der Waals surface area (Å²) in [4.78, 5) is 2.64. The third-order valence-electron chi connectivity index (χ3n) is 5.44. The standard InChI is InChI=1S/C22H29N/c1-16-12-17(2)20(18(3)13-16)23-15-22(6,14-21(23,4)5)19-10-8-7-9-11-19/h7-13H,14-15H2,1-6H3. The summed E-state index contributed by atoms with van der Waals surface area (Å²) in [7, 11) is 0. The average molecular weight is 307 g/mol. The maximum absolute atomic E-state index is 2.64. The van der Waals surface area contributed by atoms with Crippen molar-refractivity contribution < 1.29 is 0 Å². The van der Waals surface area contributed by atoms with Crippen molar-refractivity contribution in [3.63, 3.8) is 0 Å². The van der Waals surface area contributed by atoms with E-state index in [1.807, 2.05) is 0 Å². The number of anilines is 1. The van der Waals surface area contributed by atoms with Crippen molar-refractivity contribution in [1.82, 2.24) is 0 Å². The Labute approximate surface area is 141 Å². The summed E-state index contributed by atoms with van der Waals surface area (Å²) in [6.07, 6.45) is 1.18. The van der Waals surface area contributed by atoms with Gasteiger partial charge >= 0.3 is 0 Å². The average Bonchev–Trinajstić information content (AvgIpc) is 2.70. The smallest absolute Gasteiger partial charge is 0.0430 e. The molecule has 1 atom stereocenters. The second-order valence-corrected chi connectivity index (χ2v) is 8.25. The highest BCUT2D eigenvalue weighted by Crippen LogP contribution is 2.47. The van der Waals surface area contributed by atoms with Crippen LogP contribution in [0.1, 0.15) is 49.4 Å². The quantitative estimate of drug-likeness (QED) is 0.702. The highest BCUT2D eigenvalue weighted by atomic mass is 15.2. The molecular weight excluding hydrogens is 278 g/mol. The number of benzene rings is 2. The predicted octanol–water partition coefficient (Wildman–Crippen LogP) is 5.56. The summed E-state index contributed by atoms with van der Waals surface area (Å²) in [6, 6.07) is 15.6. The van der Waals surface area contributed by atoms with Gasteiger partial charge in [-0.15, -0.1) is 0 Å². The van der Waals surface area contributed by atoms with E-state index < -0.39 is 0 Å². The zero-order chi connectivity index (χ0) is 16.8. The fourth-order valence-electron chi connectivity index (χ4n) is 4.68. The van der Waals surface area contributed by atoms with Gasteiger partial charge in [0.1, 0.15) is 0 Å². The molecule has 0 amide bonds. The van der Waals surface area contributed by atoms with Gasteiger partial charge in [0.2, 0.25) is 0 Å². The fraction of sp³-hybridized carbons (Fsp3) is 0.455. The van der Waals surface area contributed by atoms with E-state index in [4.69, 9.17) is 0 Å². The molecule has 1 heteroatoms. The summed E-state index contributed by atoms with van der Waals surface area (Å²) in [5.41, 5.74) is 7.40. The predicted molar refractivity (Wildman–Crippen MR) is 100 cm³/mol. The molecule has 2 aromatic carbocycles. The molecule has 0 saturated carbocycles. The maximum Gasteiger partial charge on any atom is 0.0430 e. The molecule has 1 unspecified atom stereocenters. The normalized spacial score (nSPS) is 23.3. The van der Waals surface area contributed by atoms with E-state index in [0.717, 1.165) is 6.54 Å². The summed E-state index contributed by atoms with van der Waals surface area (Å²) in [5.74, 6) is 0. The Bertz CT molecular complexity index is 691. The van der Waals surface area contributed by atoms with Crippen LogP contribution in [0.25, 0.3) is 0 Å². The Morgan fingerprint density at radius 1 is 0.870 bits per heavy atom. The van der Waals surface area contributed by atoms with E-state index in [1.165, 1.54) is 34.4 Å². The minimum Gasteiger partial charge on any atom is -0.365 e. The third-order valence-corrected chi connectivity index (χ3v) is 5.44. The molecule has 23 heavy (non-hydrogen) atoms. The molecule has 0 N–H and O–H groups in total. The molecule has 1 aliphatic rings. The van der Waals surface area contributed by atoms with Crippen molar-refractivity contribution in [2.75, 3.05) is 11.4 Å². The first-order valence-electron chi connectivity index (χ1n) is 8.64. The number of hydrogen-bond donors (Lipinski definition) is 0. The zero-order valence-electron chi connectivity index (χ0n) is 15.4. The molecule has 1 saturated heterocycles.